The van der Waals surface area contributed by atoms with E-state index < -0.39 is 5.18 Å². The summed E-state index contributed by atoms with van der Waals surface area (Å²) in [4.78, 5) is 13.6. The summed E-state index contributed by atoms with van der Waals surface area (Å²) in [6.45, 7) is 0. The second-order valence-electron chi connectivity index (χ2n) is 8.04. The van der Waals surface area contributed by atoms with E-state index in [-0.39, 0.29) is 11.9 Å². The van der Waals surface area contributed by atoms with Crippen LogP contribution in [-0.2, 0) is 4.79 Å². The number of rotatable bonds is 3. The van der Waals surface area contributed by atoms with Crippen molar-refractivity contribution in [3.05, 3.63) is 100 Å². The zero-order chi connectivity index (χ0) is 22.4. The number of nitrogens with zero attached hydrogens (tertiary/aromatic N) is 2. The number of hydrazone groups is 1. The first-order valence-corrected chi connectivity index (χ1v) is 11.5. The minimum absolute atomic E-state index is 0.0294. The minimum atomic E-state index is -1.13. The lowest BCUT2D eigenvalue weighted by molar-refractivity contribution is -0.127. The number of nitrogens with one attached hydrogen (secondary N) is 1. The monoisotopic (exact) mass is 455 g/mol. The number of benzene rings is 3. The maximum Gasteiger partial charge on any atom is 0.336 e. The molecule has 33 heavy (non-hydrogen) atoms. The lowest BCUT2D eigenvalue weighted by Gasteiger charge is -2.43. The average molecular weight is 456 g/mol. The molecule has 6 rings (SSSR count). The van der Waals surface area contributed by atoms with Gasteiger partial charge in [0.25, 0.3) is 5.91 Å². The van der Waals surface area contributed by atoms with Crippen molar-refractivity contribution < 1.29 is 14.3 Å². The first-order chi connectivity index (χ1) is 16.1. The molecule has 1 fully saturated rings. The van der Waals surface area contributed by atoms with E-state index in [4.69, 9.17) is 14.6 Å². The van der Waals surface area contributed by atoms with Gasteiger partial charge in [0, 0.05) is 12.0 Å². The second kappa shape index (κ2) is 7.71. The number of carbonyl (C=O) groups is 1. The summed E-state index contributed by atoms with van der Waals surface area (Å²) in [6.07, 6.45) is 2.60. The maximum absolute atomic E-state index is 13.0. The molecule has 3 aromatic carbocycles. The second-order valence-corrected chi connectivity index (χ2v) is 9.23. The van der Waals surface area contributed by atoms with Gasteiger partial charge >= 0.3 is 5.18 Å². The molecule has 3 aliphatic rings. The quantitative estimate of drug-likeness (QED) is 0.578. The Morgan fingerprint density at radius 2 is 1.85 bits per heavy atom. The first-order valence-electron chi connectivity index (χ1n) is 10.7. The molecule has 7 heteroatoms. The number of hydrogen-bond donors (Lipinski definition) is 1. The summed E-state index contributed by atoms with van der Waals surface area (Å²) in [5, 5.41) is 8.81. The highest BCUT2D eigenvalue weighted by atomic mass is 32.2. The molecule has 1 spiro atoms. The predicted octanol–water partition coefficient (Wildman–Crippen LogP) is 4.75. The molecule has 6 nitrogen and oxygen atoms in total. The van der Waals surface area contributed by atoms with Crippen molar-refractivity contribution in [2.45, 2.75) is 17.6 Å². The lowest BCUT2D eigenvalue weighted by Crippen LogP contribution is -2.58. The number of fused-ring (bicyclic) bond motifs is 4. The SMILES string of the molecule is COc1ccc(/C=C2\S[C@]3(NC2=O)Oc2ccccc2[C@@H]2CC(c4ccccc4)=NN23)cc1. The molecule has 3 aromatic rings. The zero-order valence-electron chi connectivity index (χ0n) is 17.9. The summed E-state index contributed by atoms with van der Waals surface area (Å²) < 4.78 is 11.7. The van der Waals surface area contributed by atoms with Crippen LogP contribution in [0.25, 0.3) is 6.08 Å². The largest absolute Gasteiger partial charge is 0.497 e. The van der Waals surface area contributed by atoms with Crippen molar-refractivity contribution in [3.8, 4) is 11.5 Å². The third-order valence-electron chi connectivity index (χ3n) is 6.00. The Labute approximate surface area is 195 Å². The van der Waals surface area contributed by atoms with Gasteiger partial charge in [0.2, 0.25) is 0 Å². The highest BCUT2D eigenvalue weighted by Gasteiger charge is 2.57. The van der Waals surface area contributed by atoms with Crippen molar-refractivity contribution in [1.29, 1.82) is 0 Å². The van der Waals surface area contributed by atoms with E-state index >= 15 is 0 Å². The van der Waals surface area contributed by atoms with Crippen LogP contribution in [0, 0.1) is 0 Å². The van der Waals surface area contributed by atoms with Crippen LogP contribution in [0.2, 0.25) is 0 Å². The van der Waals surface area contributed by atoms with Crippen LogP contribution in [0.4, 0.5) is 0 Å². The van der Waals surface area contributed by atoms with Gasteiger partial charge in [-0.2, -0.15) is 5.10 Å². The van der Waals surface area contributed by atoms with E-state index in [1.807, 2.05) is 71.7 Å². The Kier molecular flexibility index (Phi) is 4.66. The van der Waals surface area contributed by atoms with E-state index in [1.54, 1.807) is 7.11 Å². The molecule has 0 saturated carbocycles. The van der Waals surface area contributed by atoms with E-state index in [0.29, 0.717) is 4.91 Å². The van der Waals surface area contributed by atoms with Crippen molar-refractivity contribution in [3.63, 3.8) is 0 Å². The predicted molar refractivity (Wildman–Crippen MR) is 129 cm³/mol. The number of ether oxygens (including phenoxy) is 2. The Morgan fingerprint density at radius 3 is 2.64 bits per heavy atom. The molecule has 0 aliphatic carbocycles. The molecule has 2 atom stereocenters. The van der Waals surface area contributed by atoms with Crippen LogP contribution < -0.4 is 14.8 Å². The van der Waals surface area contributed by atoms with Gasteiger partial charge < -0.3 is 9.47 Å². The van der Waals surface area contributed by atoms with E-state index in [0.717, 1.165) is 40.3 Å². The lowest BCUT2D eigenvalue weighted by atomic mass is 9.97. The summed E-state index contributed by atoms with van der Waals surface area (Å²) in [6, 6.07) is 25.7. The Bertz CT molecular complexity index is 1290. The van der Waals surface area contributed by atoms with Gasteiger partial charge in [0.15, 0.2) is 0 Å². The third kappa shape index (κ3) is 3.36. The van der Waals surface area contributed by atoms with E-state index in [2.05, 4.69) is 23.5 Å². The van der Waals surface area contributed by atoms with Crippen LogP contribution in [0.1, 0.15) is 29.2 Å². The van der Waals surface area contributed by atoms with Crippen molar-refractivity contribution >= 4 is 29.5 Å². The molecule has 1 N–H and O–H groups in total. The van der Waals surface area contributed by atoms with Gasteiger partial charge in [-0.25, -0.2) is 5.01 Å². The van der Waals surface area contributed by atoms with Crippen LogP contribution >= 0.6 is 11.8 Å². The van der Waals surface area contributed by atoms with Gasteiger partial charge in [-0.3, -0.25) is 10.1 Å². The van der Waals surface area contributed by atoms with Crippen LogP contribution in [0.5, 0.6) is 11.5 Å². The molecule has 0 bridgehead atoms. The molecular formula is C26H21N3O3S. The molecule has 0 aromatic heterocycles. The Hall–Kier alpha value is -3.71. The Morgan fingerprint density at radius 1 is 1.09 bits per heavy atom. The van der Waals surface area contributed by atoms with Crippen LogP contribution in [0.15, 0.2) is 88.9 Å². The molecular weight excluding hydrogens is 434 g/mol. The maximum atomic E-state index is 13.0. The van der Waals surface area contributed by atoms with Gasteiger partial charge in [0.1, 0.15) is 11.5 Å². The van der Waals surface area contributed by atoms with E-state index in [1.165, 1.54) is 11.8 Å². The Balaban J connectivity index is 1.40. The number of thioether (sulfide) groups is 1. The van der Waals surface area contributed by atoms with Gasteiger partial charge in [0.05, 0.1) is 23.8 Å². The van der Waals surface area contributed by atoms with Crippen molar-refractivity contribution in [2.75, 3.05) is 7.11 Å². The third-order valence-corrected chi connectivity index (χ3v) is 7.17. The molecule has 164 valence electrons. The fourth-order valence-electron chi connectivity index (χ4n) is 4.40. The summed E-state index contributed by atoms with van der Waals surface area (Å²) in [5.41, 5.74) is 4.03. The molecule has 3 aliphatic heterocycles. The van der Waals surface area contributed by atoms with Crippen LogP contribution in [-0.4, -0.2) is 28.9 Å². The summed E-state index contributed by atoms with van der Waals surface area (Å²) in [5.74, 6) is 1.35. The zero-order valence-corrected chi connectivity index (χ0v) is 18.7. The summed E-state index contributed by atoms with van der Waals surface area (Å²) >= 11 is 1.35. The fraction of sp³-hybridized carbons (Fsp3) is 0.154. The van der Waals surface area contributed by atoms with Crippen LogP contribution in [0.3, 0.4) is 0 Å². The molecule has 0 unspecified atom stereocenters. The minimum Gasteiger partial charge on any atom is -0.497 e. The number of carbonyl (C=O) groups excluding carboxylic acids is 1. The number of hydrogen-bond acceptors (Lipinski definition) is 6. The van der Waals surface area contributed by atoms with Gasteiger partial charge in [-0.05, 0) is 47.2 Å². The molecule has 0 radical (unpaired) electrons. The van der Waals surface area contributed by atoms with Crippen molar-refractivity contribution in [1.82, 2.24) is 10.3 Å². The highest BCUT2D eigenvalue weighted by Crippen LogP contribution is 2.53. The first kappa shape index (κ1) is 19.9. The summed E-state index contributed by atoms with van der Waals surface area (Å²) in [7, 11) is 1.63. The normalized spacial score (nSPS) is 24.2. The molecule has 1 amide bonds. The number of para-hydroxylation sites is 1. The number of methoxy groups -OCH3 is 1. The van der Waals surface area contributed by atoms with E-state index in [9.17, 15) is 4.79 Å². The molecule has 1 saturated heterocycles. The smallest absolute Gasteiger partial charge is 0.336 e. The topological polar surface area (TPSA) is 63.2 Å². The van der Waals surface area contributed by atoms with Gasteiger partial charge in [-0.1, -0.05) is 60.7 Å². The standard InChI is InChI=1S/C26H21N3O3S/c1-31-19-13-11-17(12-14-19)15-24-25(30)27-26(33-24)29-22(20-9-5-6-10-23(20)32-26)16-21(28-29)18-7-3-2-4-8-18/h2-15,22H,16H2,1H3,(H,27,30)/b24-15-/t22-,26-/m0/s1. The van der Waals surface area contributed by atoms with Gasteiger partial charge in [-0.15, -0.1) is 0 Å². The number of amides is 1. The fourth-order valence-corrected chi connectivity index (χ4v) is 5.57. The van der Waals surface area contributed by atoms with Crippen molar-refractivity contribution in [2.24, 2.45) is 5.10 Å². The average Bonchev–Trinajstić information content (AvgIpc) is 3.43. The molecule has 3 heterocycles. The highest BCUT2D eigenvalue weighted by molar-refractivity contribution is 8.05.